The summed E-state index contributed by atoms with van der Waals surface area (Å²) in [5.74, 6) is -0.351. The number of carbonyl (C=O) groups is 2. The lowest BCUT2D eigenvalue weighted by molar-refractivity contribution is 0.0697. The molecule has 0 atom stereocenters. The second-order valence-electron chi connectivity index (χ2n) is 5.45. The van der Waals surface area contributed by atoms with Crippen LogP contribution in [0.4, 0.5) is 0 Å². The summed E-state index contributed by atoms with van der Waals surface area (Å²) in [4.78, 5) is 23.7. The van der Waals surface area contributed by atoms with Crippen molar-refractivity contribution in [2.24, 2.45) is 0 Å². The summed E-state index contributed by atoms with van der Waals surface area (Å²) in [5.41, 5.74) is 3.17. The molecule has 23 heavy (non-hydrogen) atoms. The molecule has 0 aromatic heterocycles. The first-order valence-electron chi connectivity index (χ1n) is 7.34. The molecule has 3 rings (SSSR count). The second-order valence-corrected chi connectivity index (χ2v) is 5.45. The Labute approximate surface area is 134 Å². The quantitative estimate of drug-likeness (QED) is 0.880. The molecule has 1 aliphatic rings. The predicted molar refractivity (Wildman–Crippen MR) is 87.0 cm³/mol. The average Bonchev–Trinajstić information content (AvgIpc) is 2.58. The molecule has 0 spiro atoms. The summed E-state index contributed by atoms with van der Waals surface area (Å²) in [6.07, 6.45) is 3.26. The summed E-state index contributed by atoms with van der Waals surface area (Å²) >= 11 is 0. The molecule has 0 heterocycles. The molecule has 0 fully saturated rings. The number of hydrogen-bond donors (Lipinski definition) is 1. The topological polar surface area (TPSA) is 63.6 Å². The summed E-state index contributed by atoms with van der Waals surface area (Å²) in [6.45, 7) is 0. The fourth-order valence-electron chi connectivity index (χ4n) is 2.73. The zero-order valence-corrected chi connectivity index (χ0v) is 12.7. The van der Waals surface area contributed by atoms with Crippen LogP contribution in [0.5, 0.6) is 5.75 Å². The van der Waals surface area contributed by atoms with Gasteiger partial charge in [0.2, 0.25) is 0 Å². The molecule has 2 aromatic rings. The molecule has 0 bridgehead atoms. The summed E-state index contributed by atoms with van der Waals surface area (Å²) in [5, 5.41) is 9.09. The third-order valence-corrected chi connectivity index (χ3v) is 4.01. The first kappa shape index (κ1) is 15.0. The van der Waals surface area contributed by atoms with Crippen molar-refractivity contribution in [3.63, 3.8) is 0 Å². The molecule has 1 aliphatic carbocycles. The molecule has 116 valence electrons. The van der Waals surface area contributed by atoms with Crippen molar-refractivity contribution in [1.29, 1.82) is 0 Å². The van der Waals surface area contributed by atoms with E-state index in [4.69, 9.17) is 9.84 Å². The van der Waals surface area contributed by atoms with Gasteiger partial charge in [-0.2, -0.15) is 0 Å². The van der Waals surface area contributed by atoms with Gasteiger partial charge < -0.3 is 9.84 Å². The molecule has 0 amide bonds. The minimum absolute atomic E-state index is 0.0924. The highest BCUT2D eigenvalue weighted by molar-refractivity contribution is 6.13. The van der Waals surface area contributed by atoms with Gasteiger partial charge in [0.15, 0.2) is 5.78 Å². The van der Waals surface area contributed by atoms with E-state index in [0.717, 1.165) is 23.3 Å². The number of Topliss-reactive ketones (excluding diaryl/α,β-unsaturated/α-hetero) is 1. The zero-order valence-electron chi connectivity index (χ0n) is 12.7. The molecule has 0 radical (unpaired) electrons. The SMILES string of the molecule is COc1ccc(/C=C2\CCc3ccc(C(=O)O)cc3C2=O)cc1. The van der Waals surface area contributed by atoms with Gasteiger partial charge in [-0.3, -0.25) is 4.79 Å². The summed E-state index contributed by atoms with van der Waals surface area (Å²) < 4.78 is 5.12. The van der Waals surface area contributed by atoms with Crippen LogP contribution in [0, 0.1) is 0 Å². The van der Waals surface area contributed by atoms with Crippen molar-refractivity contribution in [3.8, 4) is 5.75 Å². The number of methoxy groups -OCH3 is 1. The van der Waals surface area contributed by atoms with Gasteiger partial charge in [0.05, 0.1) is 12.7 Å². The number of hydrogen-bond acceptors (Lipinski definition) is 3. The fourth-order valence-corrected chi connectivity index (χ4v) is 2.73. The number of ether oxygens (including phenoxy) is 1. The van der Waals surface area contributed by atoms with Gasteiger partial charge in [0.1, 0.15) is 5.75 Å². The highest BCUT2D eigenvalue weighted by Crippen LogP contribution is 2.28. The van der Waals surface area contributed by atoms with Crippen molar-refractivity contribution in [3.05, 3.63) is 70.3 Å². The molecule has 1 N–H and O–H groups in total. The van der Waals surface area contributed by atoms with Crippen molar-refractivity contribution < 1.29 is 19.4 Å². The Morgan fingerprint density at radius 2 is 1.87 bits per heavy atom. The number of aryl methyl sites for hydroxylation is 1. The minimum Gasteiger partial charge on any atom is -0.497 e. The van der Waals surface area contributed by atoms with Crippen LogP contribution in [0.15, 0.2) is 48.0 Å². The summed E-state index contributed by atoms with van der Waals surface area (Å²) in [6, 6.07) is 12.2. The lowest BCUT2D eigenvalue weighted by atomic mass is 9.85. The van der Waals surface area contributed by atoms with E-state index in [0.29, 0.717) is 17.6 Å². The van der Waals surface area contributed by atoms with Crippen LogP contribution in [0.2, 0.25) is 0 Å². The number of ketones is 1. The Bertz CT molecular complexity index is 801. The number of aromatic carboxylic acids is 1. The first-order chi connectivity index (χ1) is 11.1. The number of carboxylic acid groups (broad SMARTS) is 1. The van der Waals surface area contributed by atoms with Crippen molar-refractivity contribution in [2.45, 2.75) is 12.8 Å². The fraction of sp³-hybridized carbons (Fsp3) is 0.158. The average molecular weight is 308 g/mol. The van der Waals surface area contributed by atoms with Crippen molar-refractivity contribution in [2.75, 3.05) is 7.11 Å². The minimum atomic E-state index is -1.02. The van der Waals surface area contributed by atoms with E-state index in [1.165, 1.54) is 6.07 Å². The maximum absolute atomic E-state index is 12.6. The lowest BCUT2D eigenvalue weighted by Gasteiger charge is -2.18. The molecule has 0 saturated heterocycles. The monoisotopic (exact) mass is 308 g/mol. The number of carbonyl (C=O) groups excluding carboxylic acids is 1. The van der Waals surface area contributed by atoms with E-state index in [1.807, 2.05) is 30.3 Å². The van der Waals surface area contributed by atoms with Gasteiger partial charge in [-0.25, -0.2) is 4.79 Å². The Kier molecular flexibility index (Phi) is 3.98. The number of carboxylic acids is 1. The standard InChI is InChI=1S/C19H16O4/c1-23-16-8-2-12(3-9-16)10-14-6-4-13-5-7-15(19(21)22)11-17(13)18(14)20/h2-3,5,7-11H,4,6H2,1H3,(H,21,22)/b14-10+. The molecular weight excluding hydrogens is 292 g/mol. The lowest BCUT2D eigenvalue weighted by Crippen LogP contribution is -2.15. The Morgan fingerprint density at radius 3 is 2.52 bits per heavy atom. The molecule has 0 aliphatic heterocycles. The van der Waals surface area contributed by atoms with Crippen LogP contribution < -0.4 is 4.74 Å². The Morgan fingerprint density at radius 1 is 1.13 bits per heavy atom. The number of rotatable bonds is 3. The third-order valence-electron chi connectivity index (χ3n) is 4.01. The zero-order chi connectivity index (χ0) is 16.4. The van der Waals surface area contributed by atoms with Crippen LogP contribution >= 0.6 is 0 Å². The number of fused-ring (bicyclic) bond motifs is 1. The molecule has 0 saturated carbocycles. The highest BCUT2D eigenvalue weighted by Gasteiger charge is 2.23. The Hall–Kier alpha value is -2.88. The van der Waals surface area contributed by atoms with Crippen LogP contribution in [-0.4, -0.2) is 24.0 Å². The normalized spacial score (nSPS) is 15.3. The van der Waals surface area contributed by atoms with Crippen LogP contribution in [-0.2, 0) is 6.42 Å². The van der Waals surface area contributed by atoms with Gasteiger partial charge >= 0.3 is 5.97 Å². The van der Waals surface area contributed by atoms with Crippen molar-refractivity contribution in [1.82, 2.24) is 0 Å². The largest absolute Gasteiger partial charge is 0.497 e. The van der Waals surface area contributed by atoms with Crippen LogP contribution in [0.25, 0.3) is 6.08 Å². The van der Waals surface area contributed by atoms with E-state index >= 15 is 0 Å². The van der Waals surface area contributed by atoms with Gasteiger partial charge in [-0.1, -0.05) is 18.2 Å². The molecular formula is C19H16O4. The van der Waals surface area contributed by atoms with E-state index in [-0.39, 0.29) is 11.3 Å². The van der Waals surface area contributed by atoms with E-state index in [1.54, 1.807) is 19.2 Å². The van der Waals surface area contributed by atoms with Crippen molar-refractivity contribution >= 4 is 17.8 Å². The Balaban J connectivity index is 1.94. The molecule has 0 unspecified atom stereocenters. The van der Waals surface area contributed by atoms with E-state index < -0.39 is 5.97 Å². The van der Waals surface area contributed by atoms with Crippen LogP contribution in [0.1, 0.15) is 38.3 Å². The predicted octanol–water partition coefficient (Wildman–Crippen LogP) is 3.61. The first-order valence-corrected chi connectivity index (χ1v) is 7.34. The molecule has 4 nitrogen and oxygen atoms in total. The summed E-state index contributed by atoms with van der Waals surface area (Å²) in [7, 11) is 1.61. The smallest absolute Gasteiger partial charge is 0.335 e. The maximum Gasteiger partial charge on any atom is 0.335 e. The molecule has 4 heteroatoms. The van der Waals surface area contributed by atoms with Gasteiger partial charge in [0.25, 0.3) is 0 Å². The van der Waals surface area contributed by atoms with Gasteiger partial charge in [0, 0.05) is 11.1 Å². The molecule has 2 aromatic carbocycles. The van der Waals surface area contributed by atoms with Gasteiger partial charge in [-0.15, -0.1) is 0 Å². The number of allylic oxidation sites excluding steroid dienone is 1. The number of benzene rings is 2. The third kappa shape index (κ3) is 3.01. The van der Waals surface area contributed by atoms with Crippen LogP contribution in [0.3, 0.4) is 0 Å². The second kappa shape index (κ2) is 6.08. The highest BCUT2D eigenvalue weighted by atomic mass is 16.5. The van der Waals surface area contributed by atoms with E-state index in [2.05, 4.69) is 0 Å². The maximum atomic E-state index is 12.6. The van der Waals surface area contributed by atoms with E-state index in [9.17, 15) is 9.59 Å². The van der Waals surface area contributed by atoms with Gasteiger partial charge in [-0.05, 0) is 54.3 Å².